The third kappa shape index (κ3) is 4.33. The zero-order valence-electron chi connectivity index (χ0n) is 15.5. The van der Waals surface area contributed by atoms with Gasteiger partial charge in [0.2, 0.25) is 0 Å². The van der Waals surface area contributed by atoms with E-state index in [4.69, 9.17) is 21.7 Å². The van der Waals surface area contributed by atoms with E-state index in [-0.39, 0.29) is 10.7 Å². The first-order valence-corrected chi connectivity index (χ1v) is 8.94. The number of benzene rings is 2. The molecule has 0 bridgehead atoms. The molecule has 0 unspecified atom stereocenters. The van der Waals surface area contributed by atoms with Crippen molar-refractivity contribution in [3.8, 4) is 11.5 Å². The molecule has 29 heavy (non-hydrogen) atoms. The molecule has 0 aliphatic carbocycles. The number of nitrogens with one attached hydrogen (secondary N) is 1. The minimum atomic E-state index is -0.621. The minimum Gasteiger partial charge on any atom is -0.493 e. The van der Waals surface area contributed by atoms with E-state index in [2.05, 4.69) is 11.9 Å². The molecule has 0 atom stereocenters. The number of halogens is 1. The number of thiocarbonyl (C=S) groups is 1. The Morgan fingerprint density at radius 1 is 1.17 bits per heavy atom. The first-order valence-electron chi connectivity index (χ1n) is 8.53. The molecule has 0 radical (unpaired) electrons. The van der Waals surface area contributed by atoms with E-state index < -0.39 is 17.6 Å². The number of ether oxygens (including phenoxy) is 2. The van der Waals surface area contributed by atoms with Gasteiger partial charge in [-0.05, 0) is 60.3 Å². The Morgan fingerprint density at radius 3 is 2.55 bits per heavy atom. The number of rotatable bonds is 6. The molecular formula is C21H17FN2O4S. The highest BCUT2D eigenvalue weighted by Gasteiger charge is 2.34. The van der Waals surface area contributed by atoms with E-state index in [0.29, 0.717) is 29.4 Å². The summed E-state index contributed by atoms with van der Waals surface area (Å²) >= 11 is 5.12. The maximum Gasteiger partial charge on any atom is 0.270 e. The summed E-state index contributed by atoms with van der Waals surface area (Å²) in [6, 6.07) is 10.2. The number of methoxy groups -OCH3 is 1. The smallest absolute Gasteiger partial charge is 0.270 e. The first-order chi connectivity index (χ1) is 13.9. The molecule has 2 aromatic carbocycles. The number of amides is 2. The van der Waals surface area contributed by atoms with Gasteiger partial charge in [-0.2, -0.15) is 0 Å². The van der Waals surface area contributed by atoms with Crippen molar-refractivity contribution in [2.75, 3.05) is 18.6 Å². The number of carbonyl (C=O) groups is 2. The Labute approximate surface area is 172 Å². The van der Waals surface area contributed by atoms with Gasteiger partial charge in [0, 0.05) is 0 Å². The van der Waals surface area contributed by atoms with Crippen molar-refractivity contribution in [2.24, 2.45) is 0 Å². The van der Waals surface area contributed by atoms with E-state index in [1.165, 1.54) is 37.5 Å². The van der Waals surface area contributed by atoms with Gasteiger partial charge in [0.1, 0.15) is 18.0 Å². The Balaban J connectivity index is 1.96. The quantitative estimate of drug-likeness (QED) is 0.342. The largest absolute Gasteiger partial charge is 0.493 e. The van der Waals surface area contributed by atoms with E-state index in [1.807, 2.05) is 0 Å². The summed E-state index contributed by atoms with van der Waals surface area (Å²) in [7, 11) is 1.49. The van der Waals surface area contributed by atoms with Crippen LogP contribution >= 0.6 is 12.2 Å². The summed E-state index contributed by atoms with van der Waals surface area (Å²) < 4.78 is 24.0. The van der Waals surface area contributed by atoms with Crippen LogP contribution in [-0.4, -0.2) is 30.6 Å². The molecule has 0 aromatic heterocycles. The van der Waals surface area contributed by atoms with Gasteiger partial charge < -0.3 is 9.47 Å². The fourth-order valence-electron chi connectivity index (χ4n) is 2.69. The van der Waals surface area contributed by atoms with Crippen LogP contribution in [0.4, 0.5) is 10.1 Å². The van der Waals surface area contributed by atoms with Gasteiger partial charge in [-0.25, -0.2) is 4.39 Å². The molecule has 1 fully saturated rings. The van der Waals surface area contributed by atoms with Crippen LogP contribution in [0.1, 0.15) is 5.56 Å². The Morgan fingerprint density at radius 2 is 1.90 bits per heavy atom. The van der Waals surface area contributed by atoms with Gasteiger partial charge in [0.05, 0.1) is 12.8 Å². The fraction of sp³-hybridized carbons (Fsp3) is 0.0952. The molecule has 1 aliphatic heterocycles. The lowest BCUT2D eigenvalue weighted by Crippen LogP contribution is -2.54. The van der Waals surface area contributed by atoms with Gasteiger partial charge in [-0.15, -0.1) is 0 Å². The van der Waals surface area contributed by atoms with Crippen molar-refractivity contribution in [1.82, 2.24) is 5.32 Å². The van der Waals surface area contributed by atoms with Crippen molar-refractivity contribution in [3.63, 3.8) is 0 Å². The van der Waals surface area contributed by atoms with Gasteiger partial charge in [0.15, 0.2) is 16.6 Å². The summed E-state index contributed by atoms with van der Waals surface area (Å²) in [4.78, 5) is 26.5. The average molecular weight is 412 g/mol. The monoisotopic (exact) mass is 412 g/mol. The van der Waals surface area contributed by atoms with E-state index in [9.17, 15) is 14.0 Å². The van der Waals surface area contributed by atoms with Crippen LogP contribution in [0.25, 0.3) is 6.08 Å². The number of hydrogen-bond donors (Lipinski definition) is 1. The van der Waals surface area contributed by atoms with Crippen LogP contribution < -0.4 is 19.7 Å². The third-order valence-electron chi connectivity index (χ3n) is 4.04. The molecule has 6 nitrogen and oxygen atoms in total. The molecular weight excluding hydrogens is 395 g/mol. The number of hydrogen-bond acceptors (Lipinski definition) is 5. The molecule has 1 N–H and O–H groups in total. The second-order valence-corrected chi connectivity index (χ2v) is 6.33. The summed E-state index contributed by atoms with van der Waals surface area (Å²) in [5, 5.41) is 2.41. The Kier molecular flexibility index (Phi) is 6.04. The summed E-state index contributed by atoms with van der Waals surface area (Å²) in [5.74, 6) is -0.741. The van der Waals surface area contributed by atoms with E-state index >= 15 is 0 Å². The van der Waals surface area contributed by atoms with Crippen LogP contribution in [0.2, 0.25) is 0 Å². The summed E-state index contributed by atoms with van der Waals surface area (Å²) in [6.45, 7) is 3.90. The molecule has 0 spiro atoms. The minimum absolute atomic E-state index is 0.0745. The van der Waals surface area contributed by atoms with Gasteiger partial charge in [-0.3, -0.25) is 19.8 Å². The highest BCUT2D eigenvalue weighted by Crippen LogP contribution is 2.30. The SMILES string of the molecule is C=CCOc1ccc(C=C2C(=O)NC(=S)N(c3ccc(F)cc3)C2=O)cc1OC. The average Bonchev–Trinajstić information content (AvgIpc) is 2.71. The predicted molar refractivity (Wildman–Crippen MR) is 111 cm³/mol. The van der Waals surface area contributed by atoms with Crippen LogP contribution in [0, 0.1) is 5.82 Å². The fourth-order valence-corrected chi connectivity index (χ4v) is 2.97. The second kappa shape index (κ2) is 8.66. The van der Waals surface area contributed by atoms with Gasteiger partial charge in [-0.1, -0.05) is 18.7 Å². The van der Waals surface area contributed by atoms with Crippen LogP contribution in [0.5, 0.6) is 11.5 Å². The molecule has 1 saturated heterocycles. The van der Waals surface area contributed by atoms with Crippen molar-refractivity contribution in [1.29, 1.82) is 0 Å². The Bertz CT molecular complexity index is 1020. The standard InChI is InChI=1S/C21H17FN2O4S/c1-3-10-28-17-9-4-13(12-18(17)27-2)11-16-19(25)23-21(29)24(20(16)26)15-7-5-14(22)6-8-15/h3-9,11-12H,1,10H2,2H3,(H,23,25,29). The van der Waals surface area contributed by atoms with Crippen molar-refractivity contribution in [2.45, 2.75) is 0 Å². The molecule has 0 saturated carbocycles. The van der Waals surface area contributed by atoms with Crippen LogP contribution in [0.3, 0.4) is 0 Å². The third-order valence-corrected chi connectivity index (χ3v) is 4.33. The molecule has 2 amide bonds. The number of carbonyl (C=O) groups excluding carboxylic acids is 2. The molecule has 1 heterocycles. The lowest BCUT2D eigenvalue weighted by atomic mass is 10.1. The zero-order valence-corrected chi connectivity index (χ0v) is 16.3. The van der Waals surface area contributed by atoms with Crippen LogP contribution in [0.15, 0.2) is 60.7 Å². The van der Waals surface area contributed by atoms with Gasteiger partial charge >= 0.3 is 0 Å². The van der Waals surface area contributed by atoms with Crippen molar-refractivity contribution in [3.05, 3.63) is 72.1 Å². The molecule has 8 heteroatoms. The van der Waals surface area contributed by atoms with Crippen molar-refractivity contribution < 1.29 is 23.5 Å². The topological polar surface area (TPSA) is 67.9 Å². The lowest BCUT2D eigenvalue weighted by Gasteiger charge is -2.28. The number of anilines is 1. The molecule has 148 valence electrons. The van der Waals surface area contributed by atoms with E-state index in [1.54, 1.807) is 24.3 Å². The summed E-state index contributed by atoms with van der Waals surface area (Å²) in [5.41, 5.74) is 0.779. The predicted octanol–water partition coefficient (Wildman–Crippen LogP) is 3.23. The molecule has 3 rings (SSSR count). The molecule has 2 aromatic rings. The normalized spacial score (nSPS) is 15.3. The number of nitrogens with zero attached hydrogens (tertiary/aromatic N) is 1. The maximum absolute atomic E-state index is 13.2. The van der Waals surface area contributed by atoms with Crippen LogP contribution in [-0.2, 0) is 9.59 Å². The zero-order chi connectivity index (χ0) is 21.0. The first kappa shape index (κ1) is 20.2. The van der Waals surface area contributed by atoms with Gasteiger partial charge in [0.25, 0.3) is 11.8 Å². The summed E-state index contributed by atoms with van der Waals surface area (Å²) in [6.07, 6.45) is 3.03. The second-order valence-electron chi connectivity index (χ2n) is 5.94. The van der Waals surface area contributed by atoms with E-state index in [0.717, 1.165) is 4.90 Å². The highest BCUT2D eigenvalue weighted by atomic mass is 32.1. The molecule has 1 aliphatic rings. The maximum atomic E-state index is 13.2. The highest BCUT2D eigenvalue weighted by molar-refractivity contribution is 7.80. The lowest BCUT2D eigenvalue weighted by molar-refractivity contribution is -0.122. The Hall–Kier alpha value is -3.52. The van der Waals surface area contributed by atoms with Crippen molar-refractivity contribution >= 4 is 40.9 Å².